The number of rotatable bonds is 7. The second-order valence-electron chi connectivity index (χ2n) is 6.86. The Morgan fingerprint density at radius 3 is 2.88 bits per heavy atom. The minimum atomic E-state index is 0.687. The van der Waals surface area contributed by atoms with Gasteiger partial charge in [0.15, 0.2) is 5.96 Å². The first-order valence-corrected chi connectivity index (χ1v) is 10.2. The normalized spacial score (nSPS) is 18.2. The van der Waals surface area contributed by atoms with E-state index < -0.39 is 0 Å². The largest absolute Gasteiger partial charge is 0.356 e. The molecule has 1 atom stereocenters. The summed E-state index contributed by atoms with van der Waals surface area (Å²) in [7, 11) is 1.82. The van der Waals surface area contributed by atoms with Crippen molar-refractivity contribution >= 4 is 17.3 Å². The quantitative estimate of drug-likeness (QED) is 0.580. The van der Waals surface area contributed by atoms with E-state index in [1.807, 2.05) is 13.2 Å². The van der Waals surface area contributed by atoms with E-state index in [0.717, 1.165) is 37.0 Å². The number of aromatic nitrogens is 1. The van der Waals surface area contributed by atoms with E-state index in [9.17, 15) is 0 Å². The van der Waals surface area contributed by atoms with Crippen LogP contribution in [0.1, 0.15) is 21.9 Å². The molecule has 0 bridgehead atoms. The average molecular weight is 372 g/mol. The molecule has 1 aliphatic heterocycles. The molecule has 3 rings (SSSR count). The van der Waals surface area contributed by atoms with Crippen LogP contribution in [0.3, 0.4) is 0 Å². The highest BCUT2D eigenvalue weighted by molar-refractivity contribution is 7.11. The highest BCUT2D eigenvalue weighted by Gasteiger charge is 2.22. The molecule has 0 saturated carbocycles. The Bertz CT molecular complexity index is 697. The van der Waals surface area contributed by atoms with E-state index in [1.54, 1.807) is 11.3 Å². The predicted molar refractivity (Wildman–Crippen MR) is 110 cm³/mol. The third kappa shape index (κ3) is 5.81. The van der Waals surface area contributed by atoms with E-state index >= 15 is 0 Å². The van der Waals surface area contributed by atoms with Gasteiger partial charge in [0.25, 0.3) is 0 Å². The lowest BCUT2D eigenvalue weighted by atomic mass is 10.1. The summed E-state index contributed by atoms with van der Waals surface area (Å²) in [6.45, 7) is 7.30. The lowest BCUT2D eigenvalue weighted by Crippen LogP contribution is -2.40. The molecular formula is C20H29N5S. The van der Waals surface area contributed by atoms with Crippen LogP contribution in [0.5, 0.6) is 0 Å². The standard InChI is InChI=1S/C20H29N5S/c1-16-12-22-19(26-16)14-24-20(21-2)23-13-18-9-11-25(15-18)10-8-17-6-4-3-5-7-17/h3-7,12,18H,8-11,13-15H2,1-2H3,(H2,21,23,24). The number of aryl methyl sites for hydroxylation is 1. The van der Waals surface area contributed by atoms with Crippen LogP contribution in [0.4, 0.5) is 0 Å². The van der Waals surface area contributed by atoms with Gasteiger partial charge in [0.1, 0.15) is 5.01 Å². The number of guanidine groups is 1. The number of benzene rings is 1. The second-order valence-corrected chi connectivity index (χ2v) is 8.18. The zero-order chi connectivity index (χ0) is 18.2. The first-order chi connectivity index (χ1) is 12.7. The van der Waals surface area contributed by atoms with Gasteiger partial charge >= 0.3 is 0 Å². The minimum absolute atomic E-state index is 0.687. The fraction of sp³-hybridized carbons (Fsp3) is 0.500. The highest BCUT2D eigenvalue weighted by Crippen LogP contribution is 2.16. The highest BCUT2D eigenvalue weighted by atomic mass is 32.1. The third-order valence-electron chi connectivity index (χ3n) is 4.79. The van der Waals surface area contributed by atoms with Gasteiger partial charge in [-0.15, -0.1) is 11.3 Å². The van der Waals surface area contributed by atoms with Crippen molar-refractivity contribution in [2.75, 3.05) is 33.2 Å². The summed E-state index contributed by atoms with van der Waals surface area (Å²) < 4.78 is 0. The smallest absolute Gasteiger partial charge is 0.191 e. The topological polar surface area (TPSA) is 52.6 Å². The van der Waals surface area contributed by atoms with Crippen molar-refractivity contribution in [1.29, 1.82) is 0 Å². The maximum atomic E-state index is 4.38. The minimum Gasteiger partial charge on any atom is -0.356 e. The number of aliphatic imine (C=N–C) groups is 1. The van der Waals surface area contributed by atoms with Crippen molar-refractivity contribution in [3.05, 3.63) is 52.0 Å². The molecule has 0 aliphatic carbocycles. The molecule has 2 aromatic rings. The van der Waals surface area contributed by atoms with Crippen LogP contribution in [0, 0.1) is 12.8 Å². The zero-order valence-corrected chi connectivity index (χ0v) is 16.6. The Morgan fingerprint density at radius 2 is 2.15 bits per heavy atom. The predicted octanol–water partition coefficient (Wildman–Crippen LogP) is 2.68. The van der Waals surface area contributed by atoms with Crippen molar-refractivity contribution in [3.8, 4) is 0 Å². The molecule has 0 amide bonds. The summed E-state index contributed by atoms with van der Waals surface area (Å²) in [6, 6.07) is 10.8. The van der Waals surface area contributed by atoms with E-state index in [2.05, 4.69) is 62.8 Å². The Morgan fingerprint density at radius 1 is 1.31 bits per heavy atom. The summed E-state index contributed by atoms with van der Waals surface area (Å²) >= 11 is 1.72. The molecule has 2 N–H and O–H groups in total. The summed E-state index contributed by atoms with van der Waals surface area (Å²) in [5, 5.41) is 7.92. The molecule has 1 aromatic carbocycles. The summed E-state index contributed by atoms with van der Waals surface area (Å²) in [4.78, 5) is 12.5. The van der Waals surface area contributed by atoms with E-state index in [0.29, 0.717) is 5.92 Å². The van der Waals surface area contributed by atoms with Gasteiger partial charge in [0, 0.05) is 37.8 Å². The summed E-state index contributed by atoms with van der Waals surface area (Å²) in [5.74, 6) is 1.55. The van der Waals surface area contributed by atoms with Crippen molar-refractivity contribution in [2.24, 2.45) is 10.9 Å². The average Bonchev–Trinajstić information content (AvgIpc) is 3.30. The Hall–Kier alpha value is -1.92. The SMILES string of the molecule is CN=C(NCc1ncc(C)s1)NCC1CCN(CCc2ccccc2)C1. The van der Waals surface area contributed by atoms with Gasteiger partial charge in [-0.1, -0.05) is 30.3 Å². The van der Waals surface area contributed by atoms with Crippen LogP contribution >= 0.6 is 11.3 Å². The molecule has 0 radical (unpaired) electrons. The van der Waals surface area contributed by atoms with Gasteiger partial charge in [-0.25, -0.2) is 4.98 Å². The van der Waals surface area contributed by atoms with Crippen molar-refractivity contribution in [3.63, 3.8) is 0 Å². The van der Waals surface area contributed by atoms with Gasteiger partial charge < -0.3 is 15.5 Å². The molecule has 2 heterocycles. The molecule has 26 heavy (non-hydrogen) atoms. The van der Waals surface area contributed by atoms with Crippen LogP contribution < -0.4 is 10.6 Å². The summed E-state index contributed by atoms with van der Waals surface area (Å²) in [6.07, 6.45) is 4.31. The Kier molecular flexibility index (Phi) is 7.03. The van der Waals surface area contributed by atoms with E-state index in [4.69, 9.17) is 0 Å². The van der Waals surface area contributed by atoms with E-state index in [-0.39, 0.29) is 0 Å². The van der Waals surface area contributed by atoms with Crippen LogP contribution in [0.2, 0.25) is 0 Å². The fourth-order valence-electron chi connectivity index (χ4n) is 3.32. The second kappa shape index (κ2) is 9.69. The molecule has 1 saturated heterocycles. The number of nitrogens with zero attached hydrogens (tertiary/aromatic N) is 3. The number of thiazole rings is 1. The van der Waals surface area contributed by atoms with Crippen molar-refractivity contribution in [2.45, 2.75) is 26.3 Å². The molecular weight excluding hydrogens is 342 g/mol. The van der Waals surface area contributed by atoms with Crippen molar-refractivity contribution < 1.29 is 0 Å². The molecule has 1 aliphatic rings. The molecule has 1 unspecified atom stereocenters. The molecule has 0 spiro atoms. The Balaban J connectivity index is 1.35. The fourth-order valence-corrected chi connectivity index (χ4v) is 4.05. The molecule has 5 nitrogen and oxygen atoms in total. The van der Waals surface area contributed by atoms with Gasteiger partial charge in [0.2, 0.25) is 0 Å². The lowest BCUT2D eigenvalue weighted by Gasteiger charge is -2.17. The number of likely N-dealkylation sites (tertiary alicyclic amines) is 1. The van der Waals surface area contributed by atoms with Gasteiger partial charge in [-0.2, -0.15) is 0 Å². The molecule has 6 heteroatoms. The number of hydrogen-bond donors (Lipinski definition) is 2. The van der Waals surface area contributed by atoms with Gasteiger partial charge in [0.05, 0.1) is 6.54 Å². The van der Waals surface area contributed by atoms with Crippen LogP contribution in [0.15, 0.2) is 41.5 Å². The van der Waals surface area contributed by atoms with Crippen LogP contribution in [-0.2, 0) is 13.0 Å². The monoisotopic (exact) mass is 371 g/mol. The number of nitrogens with one attached hydrogen (secondary N) is 2. The van der Waals surface area contributed by atoms with Gasteiger partial charge in [-0.3, -0.25) is 4.99 Å². The summed E-state index contributed by atoms with van der Waals surface area (Å²) in [5.41, 5.74) is 1.43. The lowest BCUT2D eigenvalue weighted by molar-refractivity contribution is 0.328. The first-order valence-electron chi connectivity index (χ1n) is 9.35. The zero-order valence-electron chi connectivity index (χ0n) is 15.7. The maximum absolute atomic E-state index is 4.38. The van der Waals surface area contributed by atoms with Crippen molar-refractivity contribution in [1.82, 2.24) is 20.5 Å². The third-order valence-corrected chi connectivity index (χ3v) is 5.70. The number of hydrogen-bond acceptors (Lipinski definition) is 4. The van der Waals surface area contributed by atoms with E-state index in [1.165, 1.54) is 30.0 Å². The Labute approximate surface area is 160 Å². The molecule has 1 fully saturated rings. The van der Waals surface area contributed by atoms with Crippen LogP contribution in [0.25, 0.3) is 0 Å². The molecule has 1 aromatic heterocycles. The first kappa shape index (κ1) is 18.9. The molecule has 140 valence electrons. The van der Waals surface area contributed by atoms with Crippen LogP contribution in [-0.4, -0.2) is 49.1 Å². The van der Waals surface area contributed by atoms with Gasteiger partial charge in [-0.05, 0) is 37.8 Å². The maximum Gasteiger partial charge on any atom is 0.191 e.